The topological polar surface area (TPSA) is 83.8 Å². The highest BCUT2D eigenvalue weighted by Crippen LogP contribution is 2.38. The van der Waals surface area contributed by atoms with E-state index >= 15 is 0 Å². The highest BCUT2D eigenvalue weighted by molar-refractivity contribution is 6.30. The number of rotatable bonds is 5. The van der Waals surface area contributed by atoms with Gasteiger partial charge < -0.3 is 10.5 Å². The molecule has 2 rings (SSSR count). The van der Waals surface area contributed by atoms with Crippen molar-refractivity contribution in [1.29, 1.82) is 5.53 Å². The van der Waals surface area contributed by atoms with E-state index in [-0.39, 0.29) is 23.2 Å². The van der Waals surface area contributed by atoms with E-state index in [0.717, 1.165) is 6.07 Å². The van der Waals surface area contributed by atoms with Gasteiger partial charge >= 0.3 is 6.18 Å². The second kappa shape index (κ2) is 7.31. The summed E-state index contributed by atoms with van der Waals surface area (Å²) in [5.41, 5.74) is 12.4. The van der Waals surface area contributed by atoms with E-state index in [0.29, 0.717) is 11.1 Å². The highest BCUT2D eigenvalue weighted by Gasteiger charge is 2.34. The van der Waals surface area contributed by atoms with Crippen LogP contribution in [0.3, 0.4) is 0 Å². The maximum absolute atomic E-state index is 13.0. The largest absolute Gasteiger partial charge is 0.488 e. The lowest BCUT2D eigenvalue weighted by Gasteiger charge is -2.14. The zero-order valence-corrected chi connectivity index (χ0v) is 12.9. The standard InChI is InChI=1S/C15H12ClF3N4O/c16-11-4-5-13(12(7-11)15(17,18)19)24-8-9-2-1-3-10(6-9)14(20)22-23-21/h1-7H,8H2,(H3,20,21,22). The van der Waals surface area contributed by atoms with Crippen LogP contribution in [0.5, 0.6) is 5.75 Å². The summed E-state index contributed by atoms with van der Waals surface area (Å²) in [4.78, 5) is 0. The molecule has 0 aromatic heterocycles. The fraction of sp³-hybridized carbons (Fsp3) is 0.133. The van der Waals surface area contributed by atoms with Crippen LogP contribution in [0.2, 0.25) is 5.02 Å². The van der Waals surface area contributed by atoms with E-state index in [2.05, 4.69) is 10.3 Å². The summed E-state index contributed by atoms with van der Waals surface area (Å²) in [5, 5.41) is 6.19. The average Bonchev–Trinajstić information content (AvgIpc) is 2.53. The Hall–Kier alpha value is -2.61. The Labute approximate surface area is 140 Å². The van der Waals surface area contributed by atoms with Gasteiger partial charge in [0, 0.05) is 10.6 Å². The molecule has 0 heterocycles. The SMILES string of the molecule is N=N/N=C(\N)c1cccc(COc2ccc(Cl)cc2C(F)(F)F)c1. The van der Waals surface area contributed by atoms with E-state index in [1.54, 1.807) is 24.3 Å². The number of benzene rings is 2. The average molecular weight is 357 g/mol. The Morgan fingerprint density at radius 2 is 1.96 bits per heavy atom. The highest BCUT2D eigenvalue weighted by atomic mass is 35.5. The molecule has 24 heavy (non-hydrogen) atoms. The van der Waals surface area contributed by atoms with Gasteiger partial charge in [0.15, 0.2) is 5.84 Å². The van der Waals surface area contributed by atoms with Crippen molar-refractivity contribution in [3.8, 4) is 5.75 Å². The molecule has 0 spiro atoms. The van der Waals surface area contributed by atoms with Gasteiger partial charge in [0.2, 0.25) is 0 Å². The molecule has 0 radical (unpaired) electrons. The van der Waals surface area contributed by atoms with Gasteiger partial charge in [-0.3, -0.25) is 0 Å². The van der Waals surface area contributed by atoms with Gasteiger partial charge in [-0.1, -0.05) is 35.0 Å². The first-order valence-corrected chi connectivity index (χ1v) is 6.98. The smallest absolute Gasteiger partial charge is 0.420 e. The first-order chi connectivity index (χ1) is 11.3. The van der Waals surface area contributed by atoms with Crippen LogP contribution in [0.25, 0.3) is 0 Å². The van der Waals surface area contributed by atoms with E-state index in [9.17, 15) is 13.2 Å². The van der Waals surface area contributed by atoms with Crippen LogP contribution < -0.4 is 10.5 Å². The monoisotopic (exact) mass is 356 g/mol. The van der Waals surface area contributed by atoms with Crippen LogP contribution in [0, 0.1) is 5.53 Å². The van der Waals surface area contributed by atoms with Crippen molar-refractivity contribution in [2.24, 2.45) is 16.1 Å². The fourth-order valence-corrected chi connectivity index (χ4v) is 2.11. The number of hydrogen-bond donors (Lipinski definition) is 2. The van der Waals surface area contributed by atoms with Crippen molar-refractivity contribution in [2.75, 3.05) is 0 Å². The van der Waals surface area contributed by atoms with Crippen LogP contribution in [-0.2, 0) is 12.8 Å². The van der Waals surface area contributed by atoms with Gasteiger partial charge in [0.05, 0.1) is 5.56 Å². The molecule has 0 fully saturated rings. The maximum Gasteiger partial charge on any atom is 0.420 e. The lowest BCUT2D eigenvalue weighted by atomic mass is 10.1. The van der Waals surface area contributed by atoms with E-state index in [1.165, 1.54) is 12.1 Å². The van der Waals surface area contributed by atoms with E-state index in [4.69, 9.17) is 27.6 Å². The van der Waals surface area contributed by atoms with Gasteiger partial charge in [-0.25, -0.2) is 0 Å². The molecule has 2 aromatic rings. The molecule has 2 aromatic carbocycles. The number of amidine groups is 1. The molecule has 0 unspecified atom stereocenters. The second-order valence-corrected chi connectivity index (χ2v) is 5.15. The molecular weight excluding hydrogens is 345 g/mol. The Kier molecular flexibility index (Phi) is 5.40. The number of alkyl halides is 3. The number of hydrogen-bond acceptors (Lipinski definition) is 3. The molecule has 0 saturated heterocycles. The van der Waals surface area contributed by atoms with Crippen LogP contribution in [0.15, 0.2) is 52.8 Å². The lowest BCUT2D eigenvalue weighted by Crippen LogP contribution is -2.13. The summed E-state index contributed by atoms with van der Waals surface area (Å²) in [6.45, 7) is -0.107. The molecule has 0 aliphatic carbocycles. The van der Waals surface area contributed by atoms with Crippen molar-refractivity contribution in [1.82, 2.24) is 0 Å². The van der Waals surface area contributed by atoms with Gasteiger partial charge in [-0.15, -0.1) is 5.10 Å². The molecule has 0 amide bonds. The van der Waals surface area contributed by atoms with E-state index in [1.807, 2.05) is 0 Å². The molecule has 0 saturated carbocycles. The minimum Gasteiger partial charge on any atom is -0.488 e. The predicted molar refractivity (Wildman–Crippen MR) is 83.1 cm³/mol. The van der Waals surface area contributed by atoms with Crippen LogP contribution >= 0.6 is 11.6 Å². The molecule has 5 nitrogen and oxygen atoms in total. The number of halogens is 4. The third kappa shape index (κ3) is 4.45. The molecule has 0 bridgehead atoms. The van der Waals surface area contributed by atoms with Gasteiger partial charge in [0.1, 0.15) is 12.4 Å². The number of nitrogens with one attached hydrogen (secondary N) is 1. The molecular formula is C15H12ClF3N4O. The molecule has 126 valence electrons. The number of nitrogens with two attached hydrogens (primary N) is 1. The summed E-state index contributed by atoms with van der Waals surface area (Å²) in [6, 6.07) is 9.84. The molecule has 0 aliphatic rings. The summed E-state index contributed by atoms with van der Waals surface area (Å²) in [7, 11) is 0. The fourth-order valence-electron chi connectivity index (χ4n) is 1.94. The van der Waals surface area contributed by atoms with Gasteiger partial charge in [-0.2, -0.15) is 18.7 Å². The molecule has 0 aliphatic heterocycles. The van der Waals surface area contributed by atoms with E-state index < -0.39 is 11.7 Å². The Morgan fingerprint density at radius 1 is 1.21 bits per heavy atom. The maximum atomic E-state index is 13.0. The van der Waals surface area contributed by atoms with Crippen molar-refractivity contribution in [2.45, 2.75) is 12.8 Å². The Morgan fingerprint density at radius 3 is 2.62 bits per heavy atom. The summed E-state index contributed by atoms with van der Waals surface area (Å²) in [6.07, 6.45) is -4.57. The third-order valence-electron chi connectivity index (χ3n) is 3.02. The summed E-state index contributed by atoms with van der Waals surface area (Å²) < 4.78 is 44.3. The lowest BCUT2D eigenvalue weighted by molar-refractivity contribution is -0.139. The molecule has 9 heteroatoms. The summed E-state index contributed by atoms with van der Waals surface area (Å²) in [5.74, 6) is -0.297. The minimum atomic E-state index is -4.57. The normalized spacial score (nSPS) is 12.1. The third-order valence-corrected chi connectivity index (χ3v) is 3.26. The zero-order valence-electron chi connectivity index (χ0n) is 12.1. The van der Waals surface area contributed by atoms with Gasteiger partial charge in [-0.05, 0) is 29.8 Å². The summed E-state index contributed by atoms with van der Waals surface area (Å²) >= 11 is 5.62. The van der Waals surface area contributed by atoms with Crippen molar-refractivity contribution < 1.29 is 17.9 Å². The number of ether oxygens (including phenoxy) is 1. The van der Waals surface area contributed by atoms with Crippen LogP contribution in [0.1, 0.15) is 16.7 Å². The van der Waals surface area contributed by atoms with Crippen molar-refractivity contribution >= 4 is 17.4 Å². The Bertz CT molecular complexity index is 778. The minimum absolute atomic E-state index is 0.0225. The van der Waals surface area contributed by atoms with Gasteiger partial charge in [0.25, 0.3) is 0 Å². The quantitative estimate of drug-likeness (QED) is 0.355. The first kappa shape index (κ1) is 17.7. The molecule has 0 atom stereocenters. The Balaban J connectivity index is 2.22. The van der Waals surface area contributed by atoms with Crippen molar-refractivity contribution in [3.05, 3.63) is 64.2 Å². The predicted octanol–water partition coefficient (Wildman–Crippen LogP) is 4.59. The van der Waals surface area contributed by atoms with Crippen molar-refractivity contribution in [3.63, 3.8) is 0 Å². The molecule has 3 N–H and O–H groups in total. The first-order valence-electron chi connectivity index (χ1n) is 6.60. The zero-order chi connectivity index (χ0) is 17.7. The second-order valence-electron chi connectivity index (χ2n) is 4.71. The van der Waals surface area contributed by atoms with Crippen LogP contribution in [-0.4, -0.2) is 5.84 Å². The van der Waals surface area contributed by atoms with Crippen LogP contribution in [0.4, 0.5) is 13.2 Å². The number of nitrogens with zero attached hydrogens (tertiary/aromatic N) is 2.